The van der Waals surface area contributed by atoms with Gasteiger partial charge in [0, 0.05) is 12.8 Å². The van der Waals surface area contributed by atoms with Gasteiger partial charge in [-0.25, -0.2) is 4.79 Å². The zero-order valence-corrected chi connectivity index (χ0v) is 12.3. The fourth-order valence-corrected chi connectivity index (χ4v) is 2.02. The molecular formula is C16H23NO3. The molecule has 4 heteroatoms. The Morgan fingerprint density at radius 1 is 1.10 bits per heavy atom. The number of aliphatic carboxylic acids is 1. The Kier molecular flexibility index (Phi) is 6.22. The minimum atomic E-state index is -1.00. The van der Waals surface area contributed by atoms with E-state index >= 15 is 0 Å². The predicted molar refractivity (Wildman–Crippen MR) is 78.5 cm³/mol. The van der Waals surface area contributed by atoms with Gasteiger partial charge < -0.3 is 10.4 Å². The maximum absolute atomic E-state index is 11.3. The number of benzene rings is 1. The number of carboxylic acid groups (broad SMARTS) is 1. The summed E-state index contributed by atoms with van der Waals surface area (Å²) >= 11 is 0. The number of carboxylic acids is 1. The molecule has 1 aromatic carbocycles. The van der Waals surface area contributed by atoms with E-state index in [0.29, 0.717) is 12.3 Å². The smallest absolute Gasteiger partial charge is 0.326 e. The van der Waals surface area contributed by atoms with E-state index in [-0.39, 0.29) is 12.3 Å². The summed E-state index contributed by atoms with van der Waals surface area (Å²) in [5.41, 5.74) is 2.16. The Bertz CT molecular complexity index is 451. The first-order chi connectivity index (χ1) is 9.42. The van der Waals surface area contributed by atoms with E-state index < -0.39 is 12.0 Å². The van der Waals surface area contributed by atoms with Crippen molar-refractivity contribution in [3.63, 3.8) is 0 Å². The maximum Gasteiger partial charge on any atom is 0.326 e. The topological polar surface area (TPSA) is 66.4 Å². The van der Waals surface area contributed by atoms with Crippen molar-refractivity contribution in [1.29, 1.82) is 0 Å². The molecule has 20 heavy (non-hydrogen) atoms. The molecule has 0 fully saturated rings. The molecule has 0 aromatic heterocycles. The lowest BCUT2D eigenvalue weighted by atomic mass is 9.99. The van der Waals surface area contributed by atoms with E-state index in [0.717, 1.165) is 12.0 Å². The maximum atomic E-state index is 11.3. The van der Waals surface area contributed by atoms with Gasteiger partial charge >= 0.3 is 5.97 Å². The van der Waals surface area contributed by atoms with Crippen LogP contribution in [-0.4, -0.2) is 23.0 Å². The van der Waals surface area contributed by atoms with Crippen molar-refractivity contribution in [3.8, 4) is 0 Å². The molecule has 0 aliphatic heterocycles. The van der Waals surface area contributed by atoms with E-state index in [4.69, 9.17) is 5.11 Å². The molecule has 0 spiro atoms. The summed E-state index contributed by atoms with van der Waals surface area (Å²) in [6.07, 6.45) is 1.61. The number of nitrogens with one attached hydrogen (secondary N) is 1. The van der Waals surface area contributed by atoms with Gasteiger partial charge in [0.15, 0.2) is 0 Å². The summed E-state index contributed by atoms with van der Waals surface area (Å²) in [5.74, 6) is -0.650. The standard InChI is InChI=1S/C16H23NO3/c1-4-15(18)17-14(16(19)20)10-13-7-5-12(6-8-13)9-11(2)3/h5-8,11,14H,4,9-10H2,1-3H3,(H,17,18)(H,19,20). The van der Waals surface area contributed by atoms with Crippen LogP contribution in [0.5, 0.6) is 0 Å². The third-order valence-corrected chi connectivity index (χ3v) is 3.06. The van der Waals surface area contributed by atoms with Crippen molar-refractivity contribution in [3.05, 3.63) is 35.4 Å². The molecule has 0 saturated carbocycles. The van der Waals surface area contributed by atoms with Gasteiger partial charge in [-0.2, -0.15) is 0 Å². The third-order valence-electron chi connectivity index (χ3n) is 3.06. The average Bonchev–Trinajstić information content (AvgIpc) is 2.39. The summed E-state index contributed by atoms with van der Waals surface area (Å²) in [6, 6.07) is 7.06. The Labute approximate surface area is 120 Å². The van der Waals surface area contributed by atoms with E-state index in [9.17, 15) is 9.59 Å². The number of rotatable bonds is 7. The van der Waals surface area contributed by atoms with Crippen molar-refractivity contribution in [1.82, 2.24) is 5.32 Å². The normalized spacial score (nSPS) is 12.2. The Morgan fingerprint density at radius 2 is 1.60 bits per heavy atom. The van der Waals surface area contributed by atoms with E-state index in [1.54, 1.807) is 6.92 Å². The average molecular weight is 277 g/mol. The van der Waals surface area contributed by atoms with Gasteiger partial charge in [0.1, 0.15) is 6.04 Å². The van der Waals surface area contributed by atoms with Crippen molar-refractivity contribution in [2.75, 3.05) is 0 Å². The fraction of sp³-hybridized carbons (Fsp3) is 0.500. The zero-order chi connectivity index (χ0) is 15.1. The highest BCUT2D eigenvalue weighted by molar-refractivity contribution is 5.83. The number of carbonyl (C=O) groups excluding carboxylic acids is 1. The second-order valence-corrected chi connectivity index (χ2v) is 5.43. The number of hydrogen-bond donors (Lipinski definition) is 2. The minimum Gasteiger partial charge on any atom is -0.480 e. The van der Waals surface area contributed by atoms with Gasteiger partial charge in [0.05, 0.1) is 0 Å². The first-order valence-corrected chi connectivity index (χ1v) is 7.02. The van der Waals surface area contributed by atoms with E-state index in [1.807, 2.05) is 24.3 Å². The van der Waals surface area contributed by atoms with Crippen molar-refractivity contribution >= 4 is 11.9 Å². The molecule has 0 radical (unpaired) electrons. The van der Waals surface area contributed by atoms with Gasteiger partial charge in [-0.15, -0.1) is 0 Å². The fourth-order valence-electron chi connectivity index (χ4n) is 2.02. The molecule has 0 bridgehead atoms. The molecular weight excluding hydrogens is 254 g/mol. The van der Waals surface area contributed by atoms with Crippen LogP contribution >= 0.6 is 0 Å². The summed E-state index contributed by atoms with van der Waals surface area (Å²) in [7, 11) is 0. The van der Waals surface area contributed by atoms with Crippen LogP contribution in [0.25, 0.3) is 0 Å². The lowest BCUT2D eigenvalue weighted by Crippen LogP contribution is -2.42. The van der Waals surface area contributed by atoms with Crippen LogP contribution in [0, 0.1) is 5.92 Å². The second kappa shape index (κ2) is 7.68. The van der Waals surface area contributed by atoms with Crippen LogP contribution in [0.1, 0.15) is 38.3 Å². The Morgan fingerprint density at radius 3 is 2.00 bits per heavy atom. The quantitative estimate of drug-likeness (QED) is 0.804. The molecule has 2 N–H and O–H groups in total. The van der Waals surface area contributed by atoms with Crippen molar-refractivity contribution in [2.24, 2.45) is 5.92 Å². The number of carbonyl (C=O) groups is 2. The van der Waals surface area contributed by atoms with Gasteiger partial charge in [0.2, 0.25) is 5.91 Å². The largest absolute Gasteiger partial charge is 0.480 e. The first-order valence-electron chi connectivity index (χ1n) is 7.02. The highest BCUT2D eigenvalue weighted by atomic mass is 16.4. The molecule has 110 valence electrons. The van der Waals surface area contributed by atoms with Crippen LogP contribution in [-0.2, 0) is 22.4 Å². The van der Waals surface area contributed by atoms with Crippen LogP contribution in [0.4, 0.5) is 0 Å². The molecule has 1 unspecified atom stereocenters. The Balaban J connectivity index is 2.69. The molecule has 0 saturated heterocycles. The van der Waals surface area contributed by atoms with E-state index in [2.05, 4.69) is 19.2 Å². The van der Waals surface area contributed by atoms with Crippen LogP contribution in [0.15, 0.2) is 24.3 Å². The first kappa shape index (κ1) is 16.2. The van der Waals surface area contributed by atoms with Crippen molar-refractivity contribution < 1.29 is 14.7 Å². The molecule has 1 atom stereocenters. The summed E-state index contributed by atoms with van der Waals surface area (Å²) in [4.78, 5) is 22.5. The molecule has 1 amide bonds. The Hall–Kier alpha value is -1.84. The van der Waals surface area contributed by atoms with E-state index in [1.165, 1.54) is 5.56 Å². The zero-order valence-electron chi connectivity index (χ0n) is 12.3. The minimum absolute atomic E-state index is 0.242. The number of hydrogen-bond acceptors (Lipinski definition) is 2. The SMILES string of the molecule is CCC(=O)NC(Cc1ccc(CC(C)C)cc1)C(=O)O. The summed E-state index contributed by atoms with van der Waals surface area (Å²) < 4.78 is 0. The highest BCUT2D eigenvalue weighted by Crippen LogP contribution is 2.11. The molecule has 1 aromatic rings. The molecule has 0 aliphatic rings. The highest BCUT2D eigenvalue weighted by Gasteiger charge is 2.19. The van der Waals surface area contributed by atoms with Gasteiger partial charge in [-0.3, -0.25) is 4.79 Å². The molecule has 0 aliphatic carbocycles. The molecule has 1 rings (SSSR count). The molecule has 4 nitrogen and oxygen atoms in total. The van der Waals surface area contributed by atoms with Crippen LogP contribution < -0.4 is 5.32 Å². The van der Waals surface area contributed by atoms with Crippen LogP contribution in [0.2, 0.25) is 0 Å². The third kappa shape index (κ3) is 5.43. The van der Waals surface area contributed by atoms with Gasteiger partial charge in [-0.05, 0) is 23.5 Å². The van der Waals surface area contributed by atoms with Gasteiger partial charge in [0.25, 0.3) is 0 Å². The summed E-state index contributed by atoms with van der Waals surface area (Å²) in [6.45, 7) is 6.03. The predicted octanol–water partition coefficient (Wildman–Crippen LogP) is 2.41. The lowest BCUT2D eigenvalue weighted by molar-refractivity contribution is -0.141. The second-order valence-electron chi connectivity index (χ2n) is 5.43. The lowest BCUT2D eigenvalue weighted by Gasteiger charge is -2.14. The molecule has 0 heterocycles. The van der Waals surface area contributed by atoms with Gasteiger partial charge in [-0.1, -0.05) is 45.0 Å². The van der Waals surface area contributed by atoms with Crippen molar-refractivity contribution in [2.45, 2.75) is 46.1 Å². The van der Waals surface area contributed by atoms with Crippen LogP contribution in [0.3, 0.4) is 0 Å². The monoisotopic (exact) mass is 277 g/mol. The summed E-state index contributed by atoms with van der Waals surface area (Å²) in [5, 5.41) is 11.7. The number of amides is 1.